The lowest BCUT2D eigenvalue weighted by molar-refractivity contribution is 0.0957. The van der Waals surface area contributed by atoms with E-state index in [0.29, 0.717) is 13.0 Å². The van der Waals surface area contributed by atoms with Gasteiger partial charge in [0.2, 0.25) is 0 Å². The molecule has 3 nitrogen and oxygen atoms in total. The highest BCUT2D eigenvalue weighted by Crippen LogP contribution is 2.04. The summed E-state index contributed by atoms with van der Waals surface area (Å²) in [7, 11) is 0. The molecule has 0 amide bonds. The number of rotatable bonds is 8. The summed E-state index contributed by atoms with van der Waals surface area (Å²) in [6.07, 6.45) is 1.56. The topological polar surface area (TPSA) is 40.5 Å². The van der Waals surface area contributed by atoms with Gasteiger partial charge in [-0.1, -0.05) is 37.3 Å². The largest absolute Gasteiger partial charge is 0.395 e. The van der Waals surface area contributed by atoms with Crippen LogP contribution in [0.1, 0.15) is 30.1 Å². The van der Waals surface area contributed by atoms with Crippen molar-refractivity contribution in [3.05, 3.63) is 35.9 Å². The molecule has 0 bridgehead atoms. The Balaban J connectivity index is 2.41. The van der Waals surface area contributed by atoms with Gasteiger partial charge in [-0.05, 0) is 13.0 Å². The number of nitrogens with zero attached hydrogens (tertiary/aromatic N) is 1. The molecule has 1 N–H and O–H groups in total. The lowest BCUT2D eigenvalue weighted by Gasteiger charge is -2.19. The van der Waals surface area contributed by atoms with Crippen LogP contribution < -0.4 is 0 Å². The molecule has 0 aliphatic carbocycles. The molecule has 0 saturated carbocycles. The van der Waals surface area contributed by atoms with Crippen molar-refractivity contribution < 1.29 is 9.90 Å². The van der Waals surface area contributed by atoms with E-state index in [1.807, 2.05) is 30.3 Å². The average molecular weight is 235 g/mol. The quantitative estimate of drug-likeness (QED) is 0.700. The number of hydrogen-bond donors (Lipinski definition) is 1. The van der Waals surface area contributed by atoms with E-state index in [0.717, 1.165) is 25.1 Å². The van der Waals surface area contributed by atoms with Gasteiger partial charge in [-0.25, -0.2) is 0 Å². The third-order valence-electron chi connectivity index (χ3n) is 2.71. The zero-order valence-corrected chi connectivity index (χ0v) is 10.4. The third kappa shape index (κ3) is 5.11. The number of carbonyl (C=O) groups is 1. The number of benzene rings is 1. The number of aliphatic hydroxyl groups is 1. The van der Waals surface area contributed by atoms with Crippen LogP contribution in [0, 0.1) is 0 Å². The standard InChI is InChI=1S/C14H21NO2/c1-2-9-15(11-12-16)10-8-14(17)13-6-4-3-5-7-13/h3-7,16H,2,8-12H2,1H3. The normalized spacial score (nSPS) is 10.8. The van der Waals surface area contributed by atoms with E-state index in [2.05, 4.69) is 11.8 Å². The first kappa shape index (κ1) is 13.9. The predicted octanol–water partition coefficient (Wildman–Crippen LogP) is 1.96. The summed E-state index contributed by atoms with van der Waals surface area (Å²) in [5.41, 5.74) is 0.771. The van der Waals surface area contributed by atoms with E-state index < -0.39 is 0 Å². The number of ketones is 1. The first-order valence-electron chi connectivity index (χ1n) is 6.19. The molecule has 1 rings (SSSR count). The van der Waals surface area contributed by atoms with Crippen molar-refractivity contribution in [1.29, 1.82) is 0 Å². The van der Waals surface area contributed by atoms with E-state index in [4.69, 9.17) is 5.11 Å². The van der Waals surface area contributed by atoms with Gasteiger partial charge in [0.1, 0.15) is 0 Å². The van der Waals surface area contributed by atoms with Crippen molar-refractivity contribution in [1.82, 2.24) is 4.90 Å². The van der Waals surface area contributed by atoms with E-state index in [1.54, 1.807) is 0 Å². The summed E-state index contributed by atoms with van der Waals surface area (Å²) in [4.78, 5) is 14.0. The lowest BCUT2D eigenvalue weighted by Crippen LogP contribution is -2.30. The molecule has 0 radical (unpaired) electrons. The Morgan fingerprint density at radius 1 is 1.18 bits per heavy atom. The average Bonchev–Trinajstić information content (AvgIpc) is 2.37. The number of Topliss-reactive ketones (excluding diaryl/α,β-unsaturated/α-hetero) is 1. The van der Waals surface area contributed by atoms with Crippen molar-refractivity contribution in [2.45, 2.75) is 19.8 Å². The summed E-state index contributed by atoms with van der Waals surface area (Å²) < 4.78 is 0. The van der Waals surface area contributed by atoms with Gasteiger partial charge in [0.25, 0.3) is 0 Å². The van der Waals surface area contributed by atoms with Crippen molar-refractivity contribution in [3.8, 4) is 0 Å². The van der Waals surface area contributed by atoms with Gasteiger partial charge in [-0.2, -0.15) is 0 Å². The monoisotopic (exact) mass is 235 g/mol. The van der Waals surface area contributed by atoms with Gasteiger partial charge in [-0.15, -0.1) is 0 Å². The number of aliphatic hydroxyl groups excluding tert-OH is 1. The van der Waals surface area contributed by atoms with Crippen LogP contribution in [0.3, 0.4) is 0 Å². The zero-order valence-electron chi connectivity index (χ0n) is 10.4. The molecule has 0 aliphatic rings. The Hall–Kier alpha value is -1.19. The van der Waals surface area contributed by atoms with E-state index in [1.165, 1.54) is 0 Å². The van der Waals surface area contributed by atoms with Gasteiger partial charge >= 0.3 is 0 Å². The molecule has 1 aromatic rings. The van der Waals surface area contributed by atoms with Crippen LogP contribution in [0.2, 0.25) is 0 Å². The summed E-state index contributed by atoms with van der Waals surface area (Å²) >= 11 is 0. The molecule has 0 aromatic heterocycles. The fraction of sp³-hybridized carbons (Fsp3) is 0.500. The summed E-state index contributed by atoms with van der Waals surface area (Å²) in [6.45, 7) is 4.56. The molecule has 0 spiro atoms. The minimum Gasteiger partial charge on any atom is -0.395 e. The van der Waals surface area contributed by atoms with Crippen molar-refractivity contribution in [2.24, 2.45) is 0 Å². The zero-order chi connectivity index (χ0) is 12.5. The van der Waals surface area contributed by atoms with Crippen LogP contribution >= 0.6 is 0 Å². The van der Waals surface area contributed by atoms with Crippen LogP contribution in [-0.4, -0.2) is 42.0 Å². The molecule has 0 atom stereocenters. The molecular weight excluding hydrogens is 214 g/mol. The maximum Gasteiger partial charge on any atom is 0.164 e. The predicted molar refractivity (Wildman–Crippen MR) is 69.2 cm³/mol. The molecule has 17 heavy (non-hydrogen) atoms. The smallest absolute Gasteiger partial charge is 0.164 e. The first-order chi connectivity index (χ1) is 8.27. The Bertz CT molecular complexity index is 318. The van der Waals surface area contributed by atoms with Gasteiger partial charge in [0.15, 0.2) is 5.78 Å². The summed E-state index contributed by atoms with van der Waals surface area (Å²) in [5.74, 6) is 0.171. The lowest BCUT2D eigenvalue weighted by atomic mass is 10.1. The minimum atomic E-state index is 0.152. The fourth-order valence-corrected chi connectivity index (χ4v) is 1.82. The highest BCUT2D eigenvalue weighted by atomic mass is 16.3. The second-order valence-electron chi connectivity index (χ2n) is 4.10. The Morgan fingerprint density at radius 3 is 2.47 bits per heavy atom. The van der Waals surface area contributed by atoms with Gasteiger partial charge < -0.3 is 10.0 Å². The van der Waals surface area contributed by atoms with Gasteiger partial charge in [-0.3, -0.25) is 4.79 Å². The second-order valence-corrected chi connectivity index (χ2v) is 4.10. The molecule has 3 heteroatoms. The first-order valence-corrected chi connectivity index (χ1v) is 6.19. The summed E-state index contributed by atoms with van der Waals surface area (Å²) in [5, 5.41) is 8.92. The number of hydrogen-bond acceptors (Lipinski definition) is 3. The Labute approximate surface area is 103 Å². The van der Waals surface area contributed by atoms with Crippen LogP contribution in [0.25, 0.3) is 0 Å². The van der Waals surface area contributed by atoms with E-state index in [-0.39, 0.29) is 12.4 Å². The summed E-state index contributed by atoms with van der Waals surface area (Å²) in [6, 6.07) is 9.36. The molecule has 0 aliphatic heterocycles. The third-order valence-corrected chi connectivity index (χ3v) is 2.71. The minimum absolute atomic E-state index is 0.152. The highest BCUT2D eigenvalue weighted by Gasteiger charge is 2.08. The Kier molecular flexibility index (Phi) is 6.51. The molecule has 0 heterocycles. The van der Waals surface area contributed by atoms with Gasteiger partial charge in [0.05, 0.1) is 6.61 Å². The van der Waals surface area contributed by atoms with E-state index >= 15 is 0 Å². The van der Waals surface area contributed by atoms with Crippen LogP contribution in [0.4, 0.5) is 0 Å². The molecular formula is C14H21NO2. The molecule has 0 saturated heterocycles. The van der Waals surface area contributed by atoms with Gasteiger partial charge in [0, 0.05) is 25.1 Å². The molecule has 0 fully saturated rings. The fourth-order valence-electron chi connectivity index (χ4n) is 1.82. The van der Waals surface area contributed by atoms with Crippen molar-refractivity contribution >= 4 is 5.78 Å². The van der Waals surface area contributed by atoms with Crippen molar-refractivity contribution in [3.63, 3.8) is 0 Å². The van der Waals surface area contributed by atoms with Crippen molar-refractivity contribution in [2.75, 3.05) is 26.2 Å². The Morgan fingerprint density at radius 2 is 1.88 bits per heavy atom. The second kappa shape index (κ2) is 7.98. The SMILES string of the molecule is CCCN(CCO)CCC(=O)c1ccccc1. The van der Waals surface area contributed by atoms with Crippen LogP contribution in [0.15, 0.2) is 30.3 Å². The maximum absolute atomic E-state index is 11.9. The van der Waals surface area contributed by atoms with E-state index in [9.17, 15) is 4.79 Å². The van der Waals surface area contributed by atoms with Crippen LogP contribution in [-0.2, 0) is 0 Å². The molecule has 0 unspecified atom stereocenters. The molecule has 1 aromatic carbocycles. The van der Waals surface area contributed by atoms with Crippen LogP contribution in [0.5, 0.6) is 0 Å². The highest BCUT2D eigenvalue weighted by molar-refractivity contribution is 5.96. The number of carbonyl (C=O) groups excluding carboxylic acids is 1. The molecule has 94 valence electrons. The maximum atomic E-state index is 11.9.